The Bertz CT molecular complexity index is 1320. The molecular weight excluding hydrogens is 540 g/mol. The van der Waals surface area contributed by atoms with Gasteiger partial charge in [0.2, 0.25) is 0 Å². The van der Waals surface area contributed by atoms with Gasteiger partial charge in [0.25, 0.3) is 5.91 Å². The van der Waals surface area contributed by atoms with Crippen molar-refractivity contribution in [2.75, 3.05) is 44.4 Å². The summed E-state index contributed by atoms with van der Waals surface area (Å²) in [5.74, 6) is -0.416. The molecule has 1 aromatic carbocycles. The third-order valence-corrected chi connectivity index (χ3v) is 6.60. The zero-order chi connectivity index (χ0) is 30.0. The van der Waals surface area contributed by atoms with Gasteiger partial charge in [0.15, 0.2) is 0 Å². The number of ether oxygens (including phenoxy) is 1. The summed E-state index contributed by atoms with van der Waals surface area (Å²) < 4.78 is 5.29. The number of carbonyl (C=O) groups is 3. The van der Waals surface area contributed by atoms with Crippen LogP contribution in [0.3, 0.4) is 0 Å². The van der Waals surface area contributed by atoms with Gasteiger partial charge in [0.05, 0.1) is 11.4 Å². The number of thiophene rings is 1. The van der Waals surface area contributed by atoms with Gasteiger partial charge in [0.1, 0.15) is 11.3 Å². The Hall–Kier alpha value is -3.96. The van der Waals surface area contributed by atoms with E-state index in [-0.39, 0.29) is 11.7 Å². The zero-order valence-corrected chi connectivity index (χ0v) is 25.4. The molecule has 0 unspecified atom stereocenters. The van der Waals surface area contributed by atoms with E-state index in [2.05, 4.69) is 46.1 Å². The Kier molecular flexibility index (Phi) is 11.2. The lowest BCUT2D eigenvalue weighted by Crippen LogP contribution is -2.43. The van der Waals surface area contributed by atoms with Crippen molar-refractivity contribution in [3.63, 3.8) is 0 Å². The van der Waals surface area contributed by atoms with Crippen molar-refractivity contribution in [3.05, 3.63) is 75.7 Å². The summed E-state index contributed by atoms with van der Waals surface area (Å²) in [6.45, 7) is 9.52. The highest BCUT2D eigenvalue weighted by molar-refractivity contribution is 7.09. The maximum absolute atomic E-state index is 13.0. The van der Waals surface area contributed by atoms with Crippen LogP contribution in [-0.4, -0.2) is 72.1 Å². The van der Waals surface area contributed by atoms with E-state index in [0.717, 1.165) is 12.0 Å². The van der Waals surface area contributed by atoms with Crippen LogP contribution in [0, 0.1) is 6.92 Å². The van der Waals surface area contributed by atoms with Crippen LogP contribution in [0.25, 0.3) is 0 Å². The van der Waals surface area contributed by atoms with Crippen molar-refractivity contribution in [1.82, 2.24) is 20.1 Å². The maximum atomic E-state index is 13.0. The number of benzene rings is 1. The van der Waals surface area contributed by atoms with E-state index in [9.17, 15) is 14.4 Å². The van der Waals surface area contributed by atoms with E-state index >= 15 is 0 Å². The van der Waals surface area contributed by atoms with Crippen LogP contribution < -0.4 is 16.0 Å². The van der Waals surface area contributed by atoms with Gasteiger partial charge in [-0.1, -0.05) is 35.9 Å². The molecule has 0 aliphatic rings. The van der Waals surface area contributed by atoms with Crippen molar-refractivity contribution in [2.24, 2.45) is 0 Å². The number of nitrogens with one attached hydrogen (secondary N) is 3. The molecule has 3 rings (SSSR count). The lowest BCUT2D eigenvalue weighted by Gasteiger charge is -2.25. The number of amides is 4. The van der Waals surface area contributed by atoms with Crippen LogP contribution >= 0.6 is 11.3 Å². The number of carbonyl (C=O) groups excluding carboxylic acids is 3. The molecule has 0 saturated carbocycles. The molecule has 0 aliphatic heterocycles. The second kappa shape index (κ2) is 14.6. The third-order valence-electron chi connectivity index (χ3n) is 5.85. The SMILES string of the molecule is Cc1cccc(CCNC(=O)N(CCN(C)C)Cc2ccc(C(=O)Nc3cscc3NC(=O)OC(C)(C)C)nc2)c1. The second-order valence-electron chi connectivity index (χ2n) is 11.0. The molecule has 0 radical (unpaired) electrons. The summed E-state index contributed by atoms with van der Waals surface area (Å²) >= 11 is 1.33. The Balaban J connectivity index is 1.59. The minimum Gasteiger partial charge on any atom is -0.444 e. The average molecular weight is 581 g/mol. The van der Waals surface area contributed by atoms with E-state index in [4.69, 9.17) is 4.74 Å². The number of rotatable bonds is 11. The summed E-state index contributed by atoms with van der Waals surface area (Å²) in [7, 11) is 3.93. The fourth-order valence-corrected chi connectivity index (χ4v) is 4.54. The number of urea groups is 1. The topological polar surface area (TPSA) is 116 Å². The number of anilines is 2. The smallest absolute Gasteiger partial charge is 0.412 e. The Morgan fingerprint density at radius 3 is 2.34 bits per heavy atom. The number of hydrogen-bond acceptors (Lipinski definition) is 7. The monoisotopic (exact) mass is 580 g/mol. The van der Waals surface area contributed by atoms with Crippen LogP contribution in [0.1, 0.15) is 48.0 Å². The molecule has 220 valence electrons. The average Bonchev–Trinajstić information content (AvgIpc) is 3.31. The summed E-state index contributed by atoms with van der Waals surface area (Å²) in [6, 6.07) is 11.5. The van der Waals surface area contributed by atoms with Gasteiger partial charge in [-0.15, -0.1) is 11.3 Å². The molecule has 3 aromatic rings. The predicted molar refractivity (Wildman–Crippen MR) is 164 cm³/mol. The molecule has 0 aliphatic carbocycles. The van der Waals surface area contributed by atoms with Crippen LogP contribution in [0.2, 0.25) is 0 Å². The van der Waals surface area contributed by atoms with Gasteiger partial charge in [-0.3, -0.25) is 15.1 Å². The molecule has 2 heterocycles. The maximum Gasteiger partial charge on any atom is 0.412 e. The molecular formula is C30H40N6O4S. The molecule has 0 spiro atoms. The normalized spacial score (nSPS) is 11.2. The molecule has 0 bridgehead atoms. The molecule has 10 nitrogen and oxygen atoms in total. The van der Waals surface area contributed by atoms with Crippen LogP contribution in [0.15, 0.2) is 53.4 Å². The van der Waals surface area contributed by atoms with E-state index < -0.39 is 17.6 Å². The van der Waals surface area contributed by atoms with E-state index in [1.807, 2.05) is 25.1 Å². The first kappa shape index (κ1) is 31.6. The molecule has 2 aromatic heterocycles. The van der Waals surface area contributed by atoms with Crippen LogP contribution in [0.5, 0.6) is 0 Å². The lowest BCUT2D eigenvalue weighted by molar-refractivity contribution is 0.0635. The van der Waals surface area contributed by atoms with Gasteiger partial charge in [0, 0.05) is 43.1 Å². The molecule has 0 fully saturated rings. The summed E-state index contributed by atoms with van der Waals surface area (Å²) in [6.07, 6.45) is 1.75. The first-order valence-corrected chi connectivity index (χ1v) is 14.4. The van der Waals surface area contributed by atoms with Crippen molar-refractivity contribution in [1.29, 1.82) is 0 Å². The standard InChI is InChI=1S/C30H40N6O4S/c1-21-8-7-9-22(16-21)12-13-31-28(38)36(15-14-35(5)6)18-23-10-11-24(32-17-23)27(37)33-25-19-41-20-26(25)34-29(39)40-30(2,3)4/h7-11,16-17,19-20H,12-15,18H2,1-6H3,(H,31,38)(H,33,37)(H,34,39). The molecule has 41 heavy (non-hydrogen) atoms. The summed E-state index contributed by atoms with van der Waals surface area (Å²) in [5, 5.41) is 11.9. The van der Waals surface area contributed by atoms with Crippen molar-refractivity contribution in [2.45, 2.75) is 46.3 Å². The van der Waals surface area contributed by atoms with Crippen molar-refractivity contribution >= 4 is 40.7 Å². The van der Waals surface area contributed by atoms with E-state index in [1.54, 1.807) is 54.8 Å². The first-order chi connectivity index (χ1) is 19.4. The highest BCUT2D eigenvalue weighted by Gasteiger charge is 2.19. The quantitative estimate of drug-likeness (QED) is 0.281. The Morgan fingerprint density at radius 1 is 0.976 bits per heavy atom. The lowest BCUT2D eigenvalue weighted by atomic mass is 10.1. The number of pyridine rings is 1. The highest BCUT2D eigenvalue weighted by atomic mass is 32.1. The Labute approximate surface area is 246 Å². The van der Waals surface area contributed by atoms with Crippen molar-refractivity contribution < 1.29 is 19.1 Å². The largest absolute Gasteiger partial charge is 0.444 e. The molecule has 3 N–H and O–H groups in total. The van der Waals surface area contributed by atoms with E-state index in [1.165, 1.54) is 22.5 Å². The Morgan fingerprint density at radius 2 is 1.71 bits per heavy atom. The predicted octanol–water partition coefficient (Wildman–Crippen LogP) is 5.37. The van der Waals surface area contributed by atoms with Gasteiger partial charge in [-0.2, -0.15) is 0 Å². The van der Waals surface area contributed by atoms with Crippen LogP contribution in [-0.2, 0) is 17.7 Å². The number of nitrogens with zero attached hydrogens (tertiary/aromatic N) is 3. The molecule has 4 amide bonds. The van der Waals surface area contributed by atoms with Gasteiger partial charge in [-0.25, -0.2) is 9.59 Å². The molecule has 0 atom stereocenters. The fraction of sp³-hybridized carbons (Fsp3) is 0.400. The minimum absolute atomic E-state index is 0.149. The van der Waals surface area contributed by atoms with Gasteiger partial charge < -0.3 is 25.2 Å². The first-order valence-electron chi connectivity index (χ1n) is 13.4. The summed E-state index contributed by atoms with van der Waals surface area (Å²) in [4.78, 5) is 46.1. The third kappa shape index (κ3) is 10.8. The number of likely N-dealkylation sites (N-methyl/N-ethyl adjacent to an activating group) is 1. The highest BCUT2D eigenvalue weighted by Crippen LogP contribution is 2.27. The minimum atomic E-state index is -0.640. The number of hydrogen-bond donors (Lipinski definition) is 3. The number of aromatic nitrogens is 1. The summed E-state index contributed by atoms with van der Waals surface area (Å²) in [5.41, 5.74) is 3.65. The second-order valence-corrected chi connectivity index (χ2v) is 11.8. The number of aryl methyl sites for hydroxylation is 1. The molecule has 11 heteroatoms. The van der Waals surface area contributed by atoms with E-state index in [0.29, 0.717) is 37.6 Å². The van der Waals surface area contributed by atoms with Crippen molar-refractivity contribution in [3.8, 4) is 0 Å². The van der Waals surface area contributed by atoms with Gasteiger partial charge >= 0.3 is 12.1 Å². The van der Waals surface area contributed by atoms with Crippen LogP contribution in [0.4, 0.5) is 21.0 Å². The molecule has 0 saturated heterocycles. The zero-order valence-electron chi connectivity index (χ0n) is 24.6. The van der Waals surface area contributed by atoms with Gasteiger partial charge in [-0.05, 0) is 65.4 Å². The fourth-order valence-electron chi connectivity index (χ4n) is 3.83.